The van der Waals surface area contributed by atoms with E-state index in [-0.39, 0.29) is 16.7 Å². The topological polar surface area (TPSA) is 81.7 Å². The summed E-state index contributed by atoms with van der Waals surface area (Å²) in [6.45, 7) is 1.33. The van der Waals surface area contributed by atoms with Crippen molar-refractivity contribution in [1.29, 1.82) is 0 Å². The summed E-state index contributed by atoms with van der Waals surface area (Å²) < 4.78 is 36.6. The number of nitrogens with one attached hydrogen (secondary N) is 1. The lowest BCUT2D eigenvalue weighted by molar-refractivity contribution is -0.118. The molecule has 2 rings (SSSR count). The Kier molecular flexibility index (Phi) is 5.84. The summed E-state index contributed by atoms with van der Waals surface area (Å²) in [6, 6.07) is 8.18. The van der Waals surface area contributed by atoms with E-state index < -0.39 is 15.1 Å². The van der Waals surface area contributed by atoms with Gasteiger partial charge in [-0.15, -0.1) is 11.3 Å². The van der Waals surface area contributed by atoms with Crippen molar-refractivity contribution in [2.45, 2.75) is 16.4 Å². The van der Waals surface area contributed by atoms with E-state index in [0.717, 1.165) is 11.3 Å². The van der Waals surface area contributed by atoms with Crippen LogP contribution in [-0.4, -0.2) is 35.1 Å². The summed E-state index contributed by atoms with van der Waals surface area (Å²) >= 11 is 1.15. The maximum Gasteiger partial charge on any atom is 0.216 e. The van der Waals surface area contributed by atoms with Gasteiger partial charge < -0.3 is 14.8 Å². The van der Waals surface area contributed by atoms with Crippen molar-refractivity contribution in [3.63, 3.8) is 0 Å². The van der Waals surface area contributed by atoms with E-state index in [9.17, 15) is 13.2 Å². The molecule has 24 heavy (non-hydrogen) atoms. The number of thiophene rings is 1. The molecule has 0 aliphatic heterocycles. The fourth-order valence-corrected chi connectivity index (χ4v) is 5.12. The molecule has 0 bridgehead atoms. The highest BCUT2D eigenvalue weighted by molar-refractivity contribution is 7.93. The fraction of sp³-hybridized carbons (Fsp3) is 0.312. The second-order valence-electron chi connectivity index (χ2n) is 5.02. The van der Waals surface area contributed by atoms with Gasteiger partial charge in [0.15, 0.2) is 21.3 Å². The summed E-state index contributed by atoms with van der Waals surface area (Å²) in [7, 11) is -0.651. The van der Waals surface area contributed by atoms with Crippen molar-refractivity contribution in [3.8, 4) is 11.5 Å². The molecule has 0 aliphatic rings. The van der Waals surface area contributed by atoms with Gasteiger partial charge in [0.25, 0.3) is 0 Å². The van der Waals surface area contributed by atoms with Crippen molar-refractivity contribution >= 4 is 27.1 Å². The number of hydrogen-bond donors (Lipinski definition) is 1. The number of ether oxygens (including phenoxy) is 2. The zero-order valence-corrected chi connectivity index (χ0v) is 15.2. The van der Waals surface area contributed by atoms with Gasteiger partial charge in [0.2, 0.25) is 5.91 Å². The van der Waals surface area contributed by atoms with Crippen LogP contribution in [-0.2, 0) is 14.6 Å². The molecule has 0 aliphatic carbocycles. The molecule has 8 heteroatoms. The van der Waals surface area contributed by atoms with Gasteiger partial charge in [-0.1, -0.05) is 12.1 Å². The summed E-state index contributed by atoms with van der Waals surface area (Å²) in [5.74, 6) is 0.652. The van der Waals surface area contributed by atoms with Crippen LogP contribution in [0, 0.1) is 0 Å². The number of carbonyl (C=O) groups excluding carboxylic acids is 1. The highest BCUT2D eigenvalue weighted by Crippen LogP contribution is 2.36. The first-order chi connectivity index (χ1) is 11.4. The smallest absolute Gasteiger partial charge is 0.216 e. The average molecular weight is 369 g/mol. The molecule has 1 N–H and O–H groups in total. The Labute approximate surface area is 145 Å². The zero-order chi connectivity index (χ0) is 17.7. The SMILES string of the molecule is COc1ccc([C@@H](CNC(C)=O)S(=O)(=O)c2cccs2)cc1OC. The molecular formula is C16H19NO5S2. The molecule has 0 spiro atoms. The lowest BCUT2D eigenvalue weighted by atomic mass is 10.1. The van der Waals surface area contributed by atoms with E-state index >= 15 is 0 Å². The Morgan fingerprint density at radius 2 is 1.92 bits per heavy atom. The van der Waals surface area contributed by atoms with Crippen molar-refractivity contribution in [3.05, 3.63) is 41.3 Å². The third kappa shape index (κ3) is 3.88. The molecule has 1 amide bonds. The van der Waals surface area contributed by atoms with E-state index in [0.29, 0.717) is 17.1 Å². The van der Waals surface area contributed by atoms with Gasteiger partial charge in [-0.05, 0) is 29.1 Å². The highest BCUT2D eigenvalue weighted by atomic mass is 32.2. The molecule has 0 radical (unpaired) electrons. The molecule has 6 nitrogen and oxygen atoms in total. The van der Waals surface area contributed by atoms with E-state index in [1.54, 1.807) is 35.7 Å². The van der Waals surface area contributed by atoms with E-state index in [2.05, 4.69) is 5.32 Å². The highest BCUT2D eigenvalue weighted by Gasteiger charge is 2.31. The Hall–Kier alpha value is -2.06. The van der Waals surface area contributed by atoms with Crippen molar-refractivity contribution in [2.75, 3.05) is 20.8 Å². The normalized spacial score (nSPS) is 12.5. The third-order valence-electron chi connectivity index (χ3n) is 3.47. The van der Waals surface area contributed by atoms with Crippen LogP contribution in [0.4, 0.5) is 0 Å². The number of rotatable bonds is 7. The first kappa shape index (κ1) is 18.3. The number of hydrogen-bond acceptors (Lipinski definition) is 6. The Morgan fingerprint density at radius 1 is 1.21 bits per heavy atom. The van der Waals surface area contributed by atoms with Crippen LogP contribution >= 0.6 is 11.3 Å². The molecule has 2 aromatic rings. The summed E-state index contributed by atoms with van der Waals surface area (Å²) in [4.78, 5) is 11.3. The van der Waals surface area contributed by atoms with Crippen LogP contribution in [0.25, 0.3) is 0 Å². The van der Waals surface area contributed by atoms with Crippen LogP contribution in [0.5, 0.6) is 11.5 Å². The zero-order valence-electron chi connectivity index (χ0n) is 13.6. The van der Waals surface area contributed by atoms with E-state index in [1.165, 1.54) is 21.1 Å². The van der Waals surface area contributed by atoms with Crippen LogP contribution in [0.3, 0.4) is 0 Å². The minimum absolute atomic E-state index is 0.0228. The molecule has 0 saturated heterocycles. The average Bonchev–Trinajstić information content (AvgIpc) is 3.09. The largest absolute Gasteiger partial charge is 0.493 e. The predicted molar refractivity (Wildman–Crippen MR) is 92.5 cm³/mol. The molecule has 1 aromatic carbocycles. The molecule has 1 heterocycles. The number of sulfone groups is 1. The molecule has 130 valence electrons. The monoisotopic (exact) mass is 369 g/mol. The van der Waals surface area contributed by atoms with Crippen molar-refractivity contribution in [1.82, 2.24) is 5.32 Å². The number of methoxy groups -OCH3 is 2. The first-order valence-electron chi connectivity index (χ1n) is 7.14. The number of amides is 1. The van der Waals surface area contributed by atoms with Crippen LogP contribution < -0.4 is 14.8 Å². The summed E-state index contributed by atoms with van der Waals surface area (Å²) in [5.41, 5.74) is 0.523. The van der Waals surface area contributed by atoms with Crippen LogP contribution in [0.2, 0.25) is 0 Å². The van der Waals surface area contributed by atoms with Gasteiger partial charge in [0.1, 0.15) is 9.46 Å². The number of benzene rings is 1. The van der Waals surface area contributed by atoms with Gasteiger partial charge in [0, 0.05) is 13.5 Å². The van der Waals surface area contributed by atoms with Gasteiger partial charge in [-0.25, -0.2) is 8.42 Å². The van der Waals surface area contributed by atoms with Gasteiger partial charge >= 0.3 is 0 Å². The lowest BCUT2D eigenvalue weighted by Crippen LogP contribution is -2.30. The standard InChI is InChI=1S/C16H19NO5S2/c1-11(18)17-10-15(24(19,20)16-5-4-8-23-16)12-6-7-13(21-2)14(9-12)22-3/h4-9,15H,10H2,1-3H3,(H,17,18)/t15-/m1/s1. The lowest BCUT2D eigenvalue weighted by Gasteiger charge is -2.19. The summed E-state index contributed by atoms with van der Waals surface area (Å²) in [6.07, 6.45) is 0. The minimum atomic E-state index is -3.64. The van der Waals surface area contributed by atoms with Crippen LogP contribution in [0.1, 0.15) is 17.7 Å². The predicted octanol–water partition coefficient (Wildman–Crippen LogP) is 2.42. The molecule has 1 atom stereocenters. The fourth-order valence-electron chi connectivity index (χ4n) is 2.26. The molecule has 0 unspecified atom stereocenters. The second kappa shape index (κ2) is 7.67. The molecular weight excluding hydrogens is 350 g/mol. The van der Waals surface area contributed by atoms with Gasteiger partial charge in [-0.2, -0.15) is 0 Å². The van der Waals surface area contributed by atoms with E-state index in [4.69, 9.17) is 9.47 Å². The molecule has 0 saturated carbocycles. The minimum Gasteiger partial charge on any atom is -0.493 e. The quantitative estimate of drug-likeness (QED) is 0.810. The van der Waals surface area contributed by atoms with Gasteiger partial charge in [0.05, 0.1) is 14.2 Å². The molecule has 1 aromatic heterocycles. The van der Waals surface area contributed by atoms with E-state index in [1.807, 2.05) is 0 Å². The summed E-state index contributed by atoms with van der Waals surface area (Å²) in [5, 5.41) is 3.38. The number of carbonyl (C=O) groups is 1. The molecule has 0 fully saturated rings. The maximum absolute atomic E-state index is 12.9. The first-order valence-corrected chi connectivity index (χ1v) is 9.56. The van der Waals surface area contributed by atoms with Crippen LogP contribution in [0.15, 0.2) is 39.9 Å². The van der Waals surface area contributed by atoms with Crippen molar-refractivity contribution in [2.24, 2.45) is 0 Å². The van der Waals surface area contributed by atoms with Crippen molar-refractivity contribution < 1.29 is 22.7 Å². The Morgan fingerprint density at radius 3 is 2.46 bits per heavy atom. The Bertz CT molecular complexity index is 800. The van der Waals surface area contributed by atoms with Gasteiger partial charge in [-0.3, -0.25) is 4.79 Å². The second-order valence-corrected chi connectivity index (χ2v) is 8.32. The maximum atomic E-state index is 12.9. The third-order valence-corrected chi connectivity index (χ3v) is 7.00. The Balaban J connectivity index is 2.49.